The first-order chi connectivity index (χ1) is 9.37. The molecule has 1 N–H and O–H groups in total. The Bertz CT molecular complexity index is 564. The summed E-state index contributed by atoms with van der Waals surface area (Å²) < 4.78 is 27.4. The predicted molar refractivity (Wildman–Crippen MR) is 83.5 cm³/mol. The summed E-state index contributed by atoms with van der Waals surface area (Å²) in [6.07, 6.45) is 0.974. The molecule has 20 heavy (non-hydrogen) atoms. The van der Waals surface area contributed by atoms with Crippen molar-refractivity contribution in [2.24, 2.45) is 11.8 Å². The van der Waals surface area contributed by atoms with Crippen LogP contribution in [-0.4, -0.2) is 32.9 Å². The Balaban J connectivity index is 2.30. The molecule has 6 heteroatoms. The standard InChI is InChI=1S/C14H24N2O2S2/c1-10(2)12-5-6-16(8-12)20(17,18)14-11(3)9-19-13(14)7-15-4/h9-10,12,15H,5-8H2,1-4H3. The summed E-state index contributed by atoms with van der Waals surface area (Å²) in [6.45, 7) is 8.15. The van der Waals surface area contributed by atoms with E-state index < -0.39 is 10.0 Å². The van der Waals surface area contributed by atoms with Crippen LogP contribution >= 0.6 is 11.3 Å². The molecule has 0 bridgehead atoms. The molecule has 0 amide bonds. The highest BCUT2D eigenvalue weighted by atomic mass is 32.2. The topological polar surface area (TPSA) is 49.4 Å². The average molecular weight is 316 g/mol. The number of nitrogens with zero attached hydrogens (tertiary/aromatic N) is 1. The molecule has 0 spiro atoms. The van der Waals surface area contributed by atoms with Crippen molar-refractivity contribution in [2.45, 2.75) is 38.6 Å². The van der Waals surface area contributed by atoms with Crippen LogP contribution in [-0.2, 0) is 16.6 Å². The average Bonchev–Trinajstić information content (AvgIpc) is 2.97. The third-order valence-electron chi connectivity index (χ3n) is 4.05. The number of nitrogens with one attached hydrogen (secondary N) is 1. The predicted octanol–water partition coefficient (Wildman–Crippen LogP) is 2.44. The van der Waals surface area contributed by atoms with Gasteiger partial charge in [0.25, 0.3) is 0 Å². The van der Waals surface area contributed by atoms with Gasteiger partial charge in [-0.2, -0.15) is 4.31 Å². The molecule has 1 aromatic heterocycles. The molecule has 1 unspecified atom stereocenters. The molecule has 1 saturated heterocycles. The van der Waals surface area contributed by atoms with E-state index in [9.17, 15) is 8.42 Å². The third-order valence-corrected chi connectivity index (χ3v) is 7.38. The molecule has 1 atom stereocenters. The summed E-state index contributed by atoms with van der Waals surface area (Å²) in [4.78, 5) is 1.44. The fourth-order valence-corrected chi connectivity index (χ4v) is 6.05. The summed E-state index contributed by atoms with van der Waals surface area (Å²) in [6, 6.07) is 0. The first-order valence-electron chi connectivity index (χ1n) is 7.09. The Kier molecular flexibility index (Phi) is 4.89. The van der Waals surface area contributed by atoms with Crippen LogP contribution in [0.15, 0.2) is 10.3 Å². The monoisotopic (exact) mass is 316 g/mol. The highest BCUT2D eigenvalue weighted by Gasteiger charge is 2.36. The van der Waals surface area contributed by atoms with E-state index in [2.05, 4.69) is 19.2 Å². The van der Waals surface area contributed by atoms with E-state index in [1.807, 2.05) is 19.4 Å². The van der Waals surface area contributed by atoms with E-state index in [1.165, 1.54) is 11.3 Å². The van der Waals surface area contributed by atoms with E-state index in [-0.39, 0.29) is 0 Å². The lowest BCUT2D eigenvalue weighted by atomic mass is 9.96. The minimum Gasteiger partial charge on any atom is -0.315 e. The molecular weight excluding hydrogens is 292 g/mol. The van der Waals surface area contributed by atoms with Crippen LogP contribution in [0, 0.1) is 18.8 Å². The highest BCUT2D eigenvalue weighted by Crippen LogP contribution is 2.33. The normalized spacial score (nSPS) is 20.9. The lowest BCUT2D eigenvalue weighted by Gasteiger charge is -2.19. The van der Waals surface area contributed by atoms with Crippen LogP contribution in [0.1, 0.15) is 30.7 Å². The SMILES string of the molecule is CNCc1scc(C)c1S(=O)(=O)N1CCC(C(C)C)C1. The Morgan fingerprint density at radius 3 is 2.75 bits per heavy atom. The van der Waals surface area contributed by atoms with Gasteiger partial charge in [0.1, 0.15) is 4.90 Å². The fourth-order valence-electron chi connectivity index (χ4n) is 2.76. The molecule has 4 nitrogen and oxygen atoms in total. The van der Waals surface area contributed by atoms with Crippen LogP contribution < -0.4 is 5.32 Å². The molecule has 0 radical (unpaired) electrons. The molecule has 0 saturated carbocycles. The lowest BCUT2D eigenvalue weighted by molar-refractivity contribution is 0.388. The first-order valence-corrected chi connectivity index (χ1v) is 9.41. The number of rotatable bonds is 5. The number of hydrogen-bond acceptors (Lipinski definition) is 4. The van der Waals surface area contributed by atoms with Crippen molar-refractivity contribution in [3.63, 3.8) is 0 Å². The molecule has 1 fully saturated rings. The first kappa shape index (κ1) is 15.9. The van der Waals surface area contributed by atoms with Gasteiger partial charge in [0, 0.05) is 24.5 Å². The van der Waals surface area contributed by atoms with Gasteiger partial charge in [-0.3, -0.25) is 0 Å². The van der Waals surface area contributed by atoms with Crippen LogP contribution in [0.25, 0.3) is 0 Å². The van der Waals surface area contributed by atoms with Gasteiger partial charge in [-0.15, -0.1) is 11.3 Å². The molecule has 2 heterocycles. The van der Waals surface area contributed by atoms with Gasteiger partial charge in [-0.25, -0.2) is 8.42 Å². The smallest absolute Gasteiger partial charge is 0.244 e. The second kappa shape index (κ2) is 6.13. The minimum atomic E-state index is -3.34. The molecule has 114 valence electrons. The van der Waals surface area contributed by atoms with E-state index in [0.29, 0.717) is 36.4 Å². The summed E-state index contributed by atoms with van der Waals surface area (Å²) >= 11 is 1.53. The number of sulfonamides is 1. The van der Waals surface area contributed by atoms with E-state index in [1.54, 1.807) is 4.31 Å². The van der Waals surface area contributed by atoms with Crippen LogP contribution in [0.3, 0.4) is 0 Å². The summed E-state index contributed by atoms with van der Waals surface area (Å²) in [5, 5.41) is 4.99. The zero-order chi connectivity index (χ0) is 14.9. The van der Waals surface area contributed by atoms with Crippen molar-refractivity contribution < 1.29 is 8.42 Å². The number of thiophene rings is 1. The maximum atomic E-state index is 12.9. The summed E-state index contributed by atoms with van der Waals surface area (Å²) in [5.41, 5.74) is 0.869. The van der Waals surface area contributed by atoms with Gasteiger partial charge < -0.3 is 5.32 Å². The molecule has 1 aliphatic heterocycles. The zero-order valence-corrected chi connectivity index (χ0v) is 14.3. The zero-order valence-electron chi connectivity index (χ0n) is 12.6. The Labute approximate surface area is 126 Å². The molecule has 0 aromatic carbocycles. The fraction of sp³-hybridized carbons (Fsp3) is 0.714. The second-order valence-corrected chi connectivity index (χ2v) is 8.70. The van der Waals surface area contributed by atoms with Crippen molar-refractivity contribution in [2.75, 3.05) is 20.1 Å². The van der Waals surface area contributed by atoms with Crippen molar-refractivity contribution in [3.8, 4) is 0 Å². The summed E-state index contributed by atoms with van der Waals surface area (Å²) in [5.74, 6) is 1.02. The molecule has 0 aliphatic carbocycles. The Hall–Kier alpha value is -0.430. The third kappa shape index (κ3) is 2.93. The van der Waals surface area contributed by atoms with Crippen LogP contribution in [0.4, 0.5) is 0 Å². The largest absolute Gasteiger partial charge is 0.315 e. The van der Waals surface area contributed by atoms with Gasteiger partial charge in [0.05, 0.1) is 0 Å². The van der Waals surface area contributed by atoms with Gasteiger partial charge in [-0.1, -0.05) is 13.8 Å². The van der Waals surface area contributed by atoms with E-state index in [0.717, 1.165) is 16.9 Å². The van der Waals surface area contributed by atoms with E-state index in [4.69, 9.17) is 0 Å². The second-order valence-electron chi connectivity index (χ2n) is 5.86. The van der Waals surface area contributed by atoms with Gasteiger partial charge in [0.15, 0.2) is 0 Å². The Morgan fingerprint density at radius 2 is 2.20 bits per heavy atom. The maximum Gasteiger partial charge on any atom is 0.244 e. The van der Waals surface area contributed by atoms with Crippen LogP contribution in [0.2, 0.25) is 0 Å². The van der Waals surface area contributed by atoms with E-state index >= 15 is 0 Å². The van der Waals surface area contributed by atoms with Gasteiger partial charge >= 0.3 is 0 Å². The number of aryl methyl sites for hydroxylation is 1. The molecule has 2 rings (SSSR count). The maximum absolute atomic E-state index is 12.9. The molecule has 1 aromatic rings. The number of hydrogen-bond donors (Lipinski definition) is 1. The van der Waals surface area contributed by atoms with Crippen molar-refractivity contribution in [1.29, 1.82) is 0 Å². The van der Waals surface area contributed by atoms with Crippen LogP contribution in [0.5, 0.6) is 0 Å². The van der Waals surface area contributed by atoms with Crippen molar-refractivity contribution >= 4 is 21.4 Å². The molecule has 1 aliphatic rings. The molecular formula is C14H24N2O2S2. The summed E-state index contributed by atoms with van der Waals surface area (Å²) in [7, 11) is -1.50. The van der Waals surface area contributed by atoms with Gasteiger partial charge in [0.2, 0.25) is 10.0 Å². The van der Waals surface area contributed by atoms with Crippen molar-refractivity contribution in [3.05, 3.63) is 15.8 Å². The highest BCUT2D eigenvalue weighted by molar-refractivity contribution is 7.89. The Morgan fingerprint density at radius 1 is 1.50 bits per heavy atom. The quantitative estimate of drug-likeness (QED) is 0.908. The minimum absolute atomic E-state index is 0.483. The lowest BCUT2D eigenvalue weighted by Crippen LogP contribution is -2.30. The van der Waals surface area contributed by atoms with Gasteiger partial charge in [-0.05, 0) is 43.2 Å². The van der Waals surface area contributed by atoms with Crippen molar-refractivity contribution in [1.82, 2.24) is 9.62 Å².